The molecule has 2 aromatic rings. The minimum absolute atomic E-state index is 0.131. The van der Waals surface area contributed by atoms with Crippen molar-refractivity contribution in [2.75, 3.05) is 58.4 Å². The van der Waals surface area contributed by atoms with Crippen LogP contribution in [0.15, 0.2) is 29.1 Å². The SMILES string of the molecule is COc1cc2c(c(OC)c1OC)-c1ccc(N[C@H](CCSC)C(=O)NCC3CCOCC3)c(=O)cc1[C@H](NC(C)=O)CC2. The van der Waals surface area contributed by atoms with E-state index < -0.39 is 12.1 Å². The van der Waals surface area contributed by atoms with E-state index in [-0.39, 0.29) is 17.2 Å². The third-order valence-electron chi connectivity index (χ3n) is 8.08. The zero-order valence-electron chi connectivity index (χ0n) is 25.7. The molecular formula is C32H43N3O7S. The van der Waals surface area contributed by atoms with Crippen molar-refractivity contribution in [2.45, 2.75) is 51.1 Å². The number of benzene rings is 1. The number of amides is 2. The third-order valence-corrected chi connectivity index (χ3v) is 8.72. The molecule has 1 saturated heterocycles. The Labute approximate surface area is 257 Å². The summed E-state index contributed by atoms with van der Waals surface area (Å²) in [5.74, 6) is 2.28. The monoisotopic (exact) mass is 613 g/mol. The van der Waals surface area contributed by atoms with Crippen molar-refractivity contribution in [2.24, 2.45) is 5.92 Å². The topological polar surface area (TPSA) is 124 Å². The highest BCUT2D eigenvalue weighted by Gasteiger charge is 2.30. The molecule has 2 amide bonds. The molecule has 2 aromatic carbocycles. The van der Waals surface area contributed by atoms with Gasteiger partial charge in [0.05, 0.1) is 33.1 Å². The van der Waals surface area contributed by atoms with E-state index in [4.69, 9.17) is 18.9 Å². The van der Waals surface area contributed by atoms with E-state index in [9.17, 15) is 14.4 Å². The van der Waals surface area contributed by atoms with Gasteiger partial charge in [-0.05, 0) is 84.9 Å². The average molecular weight is 614 g/mol. The highest BCUT2D eigenvalue weighted by molar-refractivity contribution is 7.98. The molecule has 234 valence electrons. The van der Waals surface area contributed by atoms with E-state index >= 15 is 0 Å². The molecule has 0 spiro atoms. The number of nitrogens with one attached hydrogen (secondary N) is 3. The summed E-state index contributed by atoms with van der Waals surface area (Å²) in [6.45, 7) is 3.48. The van der Waals surface area contributed by atoms with Crippen LogP contribution in [0.1, 0.15) is 49.8 Å². The van der Waals surface area contributed by atoms with Crippen LogP contribution in [-0.2, 0) is 20.7 Å². The van der Waals surface area contributed by atoms with E-state index in [1.165, 1.54) is 6.92 Å². The van der Waals surface area contributed by atoms with E-state index in [1.54, 1.807) is 45.2 Å². The van der Waals surface area contributed by atoms with Crippen LogP contribution in [0.5, 0.6) is 17.2 Å². The zero-order chi connectivity index (χ0) is 30.9. The summed E-state index contributed by atoms with van der Waals surface area (Å²) in [6, 6.07) is 6.06. The first-order valence-electron chi connectivity index (χ1n) is 14.7. The lowest BCUT2D eigenvalue weighted by molar-refractivity contribution is -0.122. The van der Waals surface area contributed by atoms with Gasteiger partial charge in [0.25, 0.3) is 0 Å². The molecule has 1 aliphatic heterocycles. The fourth-order valence-corrected chi connectivity index (χ4v) is 6.31. The van der Waals surface area contributed by atoms with Gasteiger partial charge in [0.15, 0.2) is 11.5 Å². The Bertz CT molecular complexity index is 1360. The molecule has 0 bridgehead atoms. The molecule has 1 fully saturated rings. The van der Waals surface area contributed by atoms with Crippen molar-refractivity contribution in [1.82, 2.24) is 10.6 Å². The summed E-state index contributed by atoms with van der Waals surface area (Å²) in [4.78, 5) is 39.3. The van der Waals surface area contributed by atoms with Gasteiger partial charge in [0.2, 0.25) is 23.0 Å². The number of fused-ring (bicyclic) bond motifs is 3. The number of hydrogen-bond acceptors (Lipinski definition) is 9. The van der Waals surface area contributed by atoms with Crippen molar-refractivity contribution in [1.29, 1.82) is 0 Å². The Morgan fingerprint density at radius 3 is 2.44 bits per heavy atom. The van der Waals surface area contributed by atoms with Crippen molar-refractivity contribution < 1.29 is 28.5 Å². The van der Waals surface area contributed by atoms with E-state index in [0.717, 1.165) is 35.3 Å². The summed E-state index contributed by atoms with van der Waals surface area (Å²) in [5, 5.41) is 9.37. The summed E-state index contributed by atoms with van der Waals surface area (Å²) in [5.41, 5.74) is 3.16. The molecule has 3 N–H and O–H groups in total. The molecule has 4 rings (SSSR count). The average Bonchev–Trinajstić information content (AvgIpc) is 3.25. The van der Waals surface area contributed by atoms with Crippen LogP contribution in [0, 0.1) is 5.92 Å². The van der Waals surface area contributed by atoms with Crippen LogP contribution in [-0.4, -0.2) is 71.0 Å². The minimum Gasteiger partial charge on any atom is -0.493 e. The van der Waals surface area contributed by atoms with Crippen LogP contribution < -0.4 is 35.6 Å². The van der Waals surface area contributed by atoms with Gasteiger partial charge in [-0.3, -0.25) is 14.4 Å². The van der Waals surface area contributed by atoms with Gasteiger partial charge in [0, 0.05) is 32.2 Å². The standard InChI is InChI=1S/C32H43N3O7S/c1-19(36)34-24-8-6-21-16-28(39-2)30(40-3)31(41-4)29(21)22-7-9-25(27(37)17-23(22)24)35-26(12-15-43-5)32(38)33-18-20-10-13-42-14-11-20/h7,9,16-17,20,24,26H,6,8,10-15,18H2,1-5H3,(H,33,38)(H,34,36)(H,35,37)/t24-,26-/m1/s1. The highest BCUT2D eigenvalue weighted by Crippen LogP contribution is 2.50. The number of hydrogen-bond donors (Lipinski definition) is 3. The molecular weight excluding hydrogens is 570 g/mol. The quantitative estimate of drug-likeness (QED) is 0.327. The predicted molar refractivity (Wildman–Crippen MR) is 170 cm³/mol. The molecule has 0 aromatic heterocycles. The Kier molecular flexibility index (Phi) is 11.6. The fourth-order valence-electron chi connectivity index (χ4n) is 5.84. The highest BCUT2D eigenvalue weighted by atomic mass is 32.2. The summed E-state index contributed by atoms with van der Waals surface area (Å²) in [6.07, 6.45) is 5.57. The van der Waals surface area contributed by atoms with Gasteiger partial charge in [0.1, 0.15) is 6.04 Å². The van der Waals surface area contributed by atoms with Gasteiger partial charge in [-0.15, -0.1) is 0 Å². The normalized spacial score (nSPS) is 17.0. The van der Waals surface area contributed by atoms with E-state index in [1.807, 2.05) is 18.4 Å². The van der Waals surface area contributed by atoms with Gasteiger partial charge in [-0.1, -0.05) is 6.07 Å². The smallest absolute Gasteiger partial charge is 0.242 e. The largest absolute Gasteiger partial charge is 0.493 e. The molecule has 0 unspecified atom stereocenters. The van der Waals surface area contributed by atoms with E-state index in [2.05, 4.69) is 16.0 Å². The molecule has 2 aliphatic rings. The van der Waals surface area contributed by atoms with Crippen LogP contribution in [0.4, 0.5) is 5.69 Å². The fraction of sp³-hybridized carbons (Fsp3) is 0.531. The van der Waals surface area contributed by atoms with Gasteiger partial charge in [-0.25, -0.2) is 0 Å². The molecule has 1 heterocycles. The first kappa shape index (κ1) is 32.5. The van der Waals surface area contributed by atoms with Gasteiger partial charge in [-0.2, -0.15) is 11.8 Å². The Hall–Kier alpha value is -3.44. The number of anilines is 1. The molecule has 0 saturated carbocycles. The molecule has 43 heavy (non-hydrogen) atoms. The predicted octanol–water partition coefficient (Wildman–Crippen LogP) is 3.94. The minimum atomic E-state index is -0.584. The van der Waals surface area contributed by atoms with Crippen LogP contribution in [0.3, 0.4) is 0 Å². The second kappa shape index (κ2) is 15.3. The third kappa shape index (κ3) is 7.75. The maximum absolute atomic E-state index is 13.8. The van der Waals surface area contributed by atoms with E-state index in [0.29, 0.717) is 73.4 Å². The molecule has 1 aliphatic carbocycles. The maximum atomic E-state index is 13.8. The van der Waals surface area contributed by atoms with Crippen molar-refractivity contribution in [3.05, 3.63) is 45.6 Å². The Morgan fingerprint density at radius 2 is 1.79 bits per heavy atom. The lowest BCUT2D eigenvalue weighted by Gasteiger charge is -2.24. The summed E-state index contributed by atoms with van der Waals surface area (Å²) >= 11 is 1.65. The van der Waals surface area contributed by atoms with Crippen molar-refractivity contribution in [3.8, 4) is 28.4 Å². The number of methoxy groups -OCH3 is 3. The lowest BCUT2D eigenvalue weighted by Crippen LogP contribution is -2.43. The Balaban J connectivity index is 1.77. The maximum Gasteiger partial charge on any atom is 0.242 e. The van der Waals surface area contributed by atoms with Gasteiger partial charge >= 0.3 is 0 Å². The number of ether oxygens (including phenoxy) is 4. The number of rotatable bonds is 12. The Morgan fingerprint density at radius 1 is 1.05 bits per heavy atom. The number of aryl methyl sites for hydroxylation is 1. The number of thioether (sulfide) groups is 1. The zero-order valence-corrected chi connectivity index (χ0v) is 26.5. The first-order valence-corrected chi connectivity index (χ1v) is 16.1. The van der Waals surface area contributed by atoms with Crippen molar-refractivity contribution >= 4 is 29.3 Å². The molecule has 10 nitrogen and oxygen atoms in total. The first-order chi connectivity index (χ1) is 20.8. The molecule has 11 heteroatoms. The van der Waals surface area contributed by atoms with Crippen LogP contribution in [0.25, 0.3) is 11.1 Å². The van der Waals surface area contributed by atoms with Crippen LogP contribution >= 0.6 is 11.8 Å². The molecule has 2 atom stereocenters. The van der Waals surface area contributed by atoms with Crippen molar-refractivity contribution in [3.63, 3.8) is 0 Å². The summed E-state index contributed by atoms with van der Waals surface area (Å²) < 4.78 is 22.6. The lowest BCUT2D eigenvalue weighted by atomic mass is 9.95. The second-order valence-electron chi connectivity index (χ2n) is 10.9. The van der Waals surface area contributed by atoms with Crippen LogP contribution in [0.2, 0.25) is 0 Å². The second-order valence-corrected chi connectivity index (χ2v) is 11.9. The number of carbonyl (C=O) groups is 2. The van der Waals surface area contributed by atoms with Gasteiger partial charge < -0.3 is 34.9 Å². The summed E-state index contributed by atoms with van der Waals surface area (Å²) in [7, 11) is 4.69. The number of carbonyl (C=O) groups excluding carboxylic acids is 2. The molecule has 0 radical (unpaired) electrons.